The maximum atomic E-state index is 4.97. The first-order valence-corrected chi connectivity index (χ1v) is 2.19. The Hall–Kier alpha value is 0.310. The lowest BCUT2D eigenvalue weighted by Gasteiger charge is -1.78. The summed E-state index contributed by atoms with van der Waals surface area (Å²) in [5.74, 6) is 0.858. The second-order valence-corrected chi connectivity index (χ2v) is 1.20. The molecule has 0 spiro atoms. The third kappa shape index (κ3) is 4.31. The van der Waals surface area contributed by atoms with E-state index in [0.29, 0.717) is 0 Å². The van der Waals surface area contributed by atoms with Gasteiger partial charge in [0.2, 0.25) is 0 Å². The predicted molar refractivity (Wildman–Crippen MR) is 27.0 cm³/mol. The Kier molecular flexibility index (Phi) is 4.58. The zero-order valence-electron chi connectivity index (χ0n) is 3.02. The highest BCUT2D eigenvalue weighted by Gasteiger charge is 1.69. The minimum absolute atomic E-state index is 0.858. The lowest BCUT2D eigenvalue weighted by Crippen LogP contribution is -1.88. The van der Waals surface area contributed by atoms with Crippen molar-refractivity contribution in [2.45, 2.75) is 6.42 Å². The van der Waals surface area contributed by atoms with Gasteiger partial charge < -0.3 is 5.73 Å². The molecule has 0 rings (SSSR count). The molecule has 1 radical (unpaired) electrons. The van der Waals surface area contributed by atoms with Crippen LogP contribution in [-0.2, 0) is 0 Å². The number of thiol groups is 1. The van der Waals surface area contributed by atoms with E-state index in [9.17, 15) is 0 Å². The van der Waals surface area contributed by atoms with Crippen LogP contribution in [0.1, 0.15) is 6.42 Å². The summed E-state index contributed by atoms with van der Waals surface area (Å²) in [7, 11) is 0. The summed E-state index contributed by atoms with van der Waals surface area (Å²) in [5.41, 5.74) is 4.97. The molecule has 0 amide bonds. The quantitative estimate of drug-likeness (QED) is 0.472. The lowest BCUT2D eigenvalue weighted by atomic mass is 10.5. The third-order valence-corrected chi connectivity index (χ3v) is 0.554. The molecule has 0 bridgehead atoms. The van der Waals surface area contributed by atoms with Gasteiger partial charge in [-0.05, 0) is 12.2 Å². The summed E-state index contributed by atoms with van der Waals surface area (Å²) < 4.78 is 0. The van der Waals surface area contributed by atoms with E-state index in [-0.39, 0.29) is 0 Å². The Bertz CT molecular complexity index is 14.4. The monoisotopic (exact) mass is 90.0 g/mol. The van der Waals surface area contributed by atoms with Crippen molar-refractivity contribution in [1.29, 1.82) is 0 Å². The summed E-state index contributed by atoms with van der Waals surface area (Å²) >= 11 is 3.89. The fourth-order valence-corrected chi connectivity index (χ4v) is 0.224. The molecule has 0 fully saturated rings. The van der Waals surface area contributed by atoms with Crippen LogP contribution in [0.15, 0.2) is 0 Å². The van der Waals surface area contributed by atoms with E-state index in [1.807, 2.05) is 0 Å². The largest absolute Gasteiger partial charge is 0.326 e. The molecule has 0 heterocycles. The number of hydrogen-bond acceptors (Lipinski definition) is 2. The van der Waals surface area contributed by atoms with Crippen LogP contribution in [0.4, 0.5) is 0 Å². The predicted octanol–water partition coefficient (Wildman–Crippen LogP) is 0.427. The van der Waals surface area contributed by atoms with Crippen LogP contribution in [-0.4, -0.2) is 5.75 Å². The lowest BCUT2D eigenvalue weighted by molar-refractivity contribution is 1.08. The summed E-state index contributed by atoms with van der Waals surface area (Å²) in [6, 6.07) is 0. The Labute approximate surface area is 38.0 Å². The van der Waals surface area contributed by atoms with Crippen LogP contribution in [0.5, 0.6) is 0 Å². The summed E-state index contributed by atoms with van der Waals surface area (Å²) in [6.45, 7) is 1.60. The van der Waals surface area contributed by atoms with E-state index >= 15 is 0 Å². The standard InChI is InChI=1S/C3H8NS/c4-2-1-3-5/h2,5H,1,3-4H2. The molecule has 0 unspecified atom stereocenters. The van der Waals surface area contributed by atoms with Crippen LogP contribution in [0, 0.1) is 6.54 Å². The highest BCUT2D eigenvalue weighted by molar-refractivity contribution is 7.80. The fraction of sp³-hybridized carbons (Fsp3) is 0.667. The maximum Gasteiger partial charge on any atom is 0.0200 e. The smallest absolute Gasteiger partial charge is 0.0200 e. The van der Waals surface area contributed by atoms with Crippen molar-refractivity contribution in [3.05, 3.63) is 6.54 Å². The van der Waals surface area contributed by atoms with Crippen LogP contribution < -0.4 is 5.73 Å². The topological polar surface area (TPSA) is 26.0 Å². The van der Waals surface area contributed by atoms with Gasteiger partial charge in [-0.3, -0.25) is 0 Å². The second-order valence-electron chi connectivity index (χ2n) is 0.748. The number of nitrogens with two attached hydrogens (primary N) is 1. The average Bonchev–Trinajstić information content (AvgIpc) is 1.41. The van der Waals surface area contributed by atoms with Gasteiger partial charge in [0.05, 0.1) is 0 Å². The SMILES string of the molecule is N[CH]CCS. The molecule has 5 heavy (non-hydrogen) atoms. The van der Waals surface area contributed by atoms with Gasteiger partial charge in [-0.1, -0.05) is 0 Å². The Morgan fingerprint density at radius 2 is 2.40 bits per heavy atom. The molecular weight excluding hydrogens is 82.1 g/mol. The van der Waals surface area contributed by atoms with Crippen molar-refractivity contribution in [3.8, 4) is 0 Å². The first-order valence-electron chi connectivity index (χ1n) is 1.56. The van der Waals surface area contributed by atoms with Gasteiger partial charge in [-0.2, -0.15) is 12.6 Å². The van der Waals surface area contributed by atoms with Gasteiger partial charge in [-0.15, -0.1) is 0 Å². The van der Waals surface area contributed by atoms with Gasteiger partial charge in [0.15, 0.2) is 0 Å². The van der Waals surface area contributed by atoms with E-state index in [4.69, 9.17) is 5.73 Å². The normalized spacial score (nSPS) is 8.40. The molecule has 0 saturated heterocycles. The van der Waals surface area contributed by atoms with E-state index in [2.05, 4.69) is 12.6 Å². The number of hydrogen-bond donors (Lipinski definition) is 2. The minimum Gasteiger partial charge on any atom is -0.326 e. The van der Waals surface area contributed by atoms with Crippen LogP contribution in [0.3, 0.4) is 0 Å². The summed E-state index contributed by atoms with van der Waals surface area (Å²) in [4.78, 5) is 0. The molecule has 0 aliphatic rings. The molecule has 0 aromatic heterocycles. The molecule has 0 atom stereocenters. The zero-order chi connectivity index (χ0) is 4.12. The molecule has 0 aliphatic carbocycles. The average molecular weight is 90.2 g/mol. The Morgan fingerprint density at radius 1 is 1.80 bits per heavy atom. The van der Waals surface area contributed by atoms with Gasteiger partial charge in [0.25, 0.3) is 0 Å². The van der Waals surface area contributed by atoms with Crippen LogP contribution in [0.2, 0.25) is 0 Å². The summed E-state index contributed by atoms with van der Waals surface area (Å²) in [5, 5.41) is 0. The third-order valence-electron chi connectivity index (χ3n) is 0.296. The van der Waals surface area contributed by atoms with Crippen LogP contribution >= 0.6 is 12.6 Å². The summed E-state index contributed by atoms with van der Waals surface area (Å²) in [6.07, 6.45) is 0.906. The molecule has 2 heteroatoms. The van der Waals surface area contributed by atoms with E-state index in [0.717, 1.165) is 12.2 Å². The first-order chi connectivity index (χ1) is 2.41. The Morgan fingerprint density at radius 3 is 2.40 bits per heavy atom. The van der Waals surface area contributed by atoms with Crippen molar-refractivity contribution >= 4 is 12.6 Å². The van der Waals surface area contributed by atoms with Crippen molar-refractivity contribution in [2.24, 2.45) is 5.73 Å². The first kappa shape index (κ1) is 5.31. The minimum atomic E-state index is 0.858. The van der Waals surface area contributed by atoms with E-state index < -0.39 is 0 Å². The molecule has 0 aliphatic heterocycles. The van der Waals surface area contributed by atoms with Gasteiger partial charge in [0, 0.05) is 6.54 Å². The van der Waals surface area contributed by atoms with Crippen LogP contribution in [0.25, 0.3) is 0 Å². The van der Waals surface area contributed by atoms with E-state index in [1.165, 1.54) is 0 Å². The highest BCUT2D eigenvalue weighted by atomic mass is 32.1. The molecule has 2 N–H and O–H groups in total. The molecule has 0 aromatic carbocycles. The fourth-order valence-electron chi connectivity index (χ4n) is 0.0745. The van der Waals surface area contributed by atoms with Crippen molar-refractivity contribution < 1.29 is 0 Å². The Balaban J connectivity index is 2.19. The maximum absolute atomic E-state index is 4.97. The molecule has 31 valence electrons. The highest BCUT2D eigenvalue weighted by Crippen LogP contribution is 1.79. The second kappa shape index (κ2) is 4.31. The van der Waals surface area contributed by atoms with Crippen molar-refractivity contribution in [1.82, 2.24) is 0 Å². The van der Waals surface area contributed by atoms with E-state index in [1.54, 1.807) is 6.54 Å². The molecule has 0 saturated carbocycles. The van der Waals surface area contributed by atoms with Gasteiger partial charge in [0.1, 0.15) is 0 Å². The van der Waals surface area contributed by atoms with Gasteiger partial charge in [-0.25, -0.2) is 0 Å². The molecule has 0 aromatic rings. The van der Waals surface area contributed by atoms with Gasteiger partial charge >= 0.3 is 0 Å². The zero-order valence-corrected chi connectivity index (χ0v) is 3.91. The number of rotatable bonds is 2. The molecule has 1 nitrogen and oxygen atoms in total. The van der Waals surface area contributed by atoms with Crippen molar-refractivity contribution in [3.63, 3.8) is 0 Å². The molecular formula is C3H8NS. The van der Waals surface area contributed by atoms with Crippen molar-refractivity contribution in [2.75, 3.05) is 5.75 Å².